The Morgan fingerprint density at radius 3 is 2.77 bits per heavy atom. The van der Waals surface area contributed by atoms with Crippen molar-refractivity contribution in [3.05, 3.63) is 17.5 Å². The number of aromatic nitrogens is 1. The molecule has 0 aromatic carbocycles. The maximum absolute atomic E-state index is 5.61. The topological polar surface area (TPSA) is 52.0 Å². The summed E-state index contributed by atoms with van der Waals surface area (Å²) in [5.41, 5.74) is 6.81. The first-order valence-corrected chi connectivity index (χ1v) is 4.91. The molecule has 3 heteroatoms. The fourth-order valence-corrected chi connectivity index (χ4v) is 2.11. The fraction of sp³-hybridized carbons (Fsp3) is 0.700. The van der Waals surface area contributed by atoms with Crippen LogP contribution in [0.1, 0.15) is 37.1 Å². The summed E-state index contributed by atoms with van der Waals surface area (Å²) in [6.45, 7) is 2.70. The number of aryl methyl sites for hydroxylation is 1. The molecule has 3 nitrogen and oxygen atoms in total. The van der Waals surface area contributed by atoms with Crippen LogP contribution in [0.25, 0.3) is 0 Å². The molecule has 0 amide bonds. The molecule has 72 valence electrons. The molecule has 0 saturated heterocycles. The Labute approximate surface area is 78.3 Å². The van der Waals surface area contributed by atoms with E-state index in [9.17, 15) is 0 Å². The zero-order valence-corrected chi connectivity index (χ0v) is 8.05. The van der Waals surface area contributed by atoms with E-state index in [1.807, 2.05) is 6.92 Å². The van der Waals surface area contributed by atoms with Gasteiger partial charge in [-0.15, -0.1) is 0 Å². The highest BCUT2D eigenvalue weighted by atomic mass is 16.5. The van der Waals surface area contributed by atoms with Gasteiger partial charge in [-0.3, -0.25) is 0 Å². The van der Waals surface area contributed by atoms with Crippen LogP contribution in [0.4, 0.5) is 0 Å². The molecule has 0 radical (unpaired) electrons. The summed E-state index contributed by atoms with van der Waals surface area (Å²) in [7, 11) is 0. The minimum Gasteiger partial charge on any atom is -0.361 e. The van der Waals surface area contributed by atoms with Crippen molar-refractivity contribution in [2.45, 2.75) is 38.0 Å². The van der Waals surface area contributed by atoms with Crippen LogP contribution < -0.4 is 5.73 Å². The van der Waals surface area contributed by atoms with E-state index in [2.05, 4.69) is 11.2 Å². The van der Waals surface area contributed by atoms with E-state index in [-0.39, 0.29) is 5.41 Å². The molecule has 1 aliphatic carbocycles. The highest BCUT2D eigenvalue weighted by Crippen LogP contribution is 2.46. The largest absolute Gasteiger partial charge is 0.361 e. The van der Waals surface area contributed by atoms with Gasteiger partial charge in [0.15, 0.2) is 0 Å². The maximum atomic E-state index is 5.61. The van der Waals surface area contributed by atoms with Crippen molar-refractivity contribution >= 4 is 0 Å². The molecule has 0 spiro atoms. The van der Waals surface area contributed by atoms with Gasteiger partial charge in [-0.05, 0) is 32.7 Å². The molecule has 0 atom stereocenters. The van der Waals surface area contributed by atoms with Crippen molar-refractivity contribution in [3.8, 4) is 0 Å². The van der Waals surface area contributed by atoms with Crippen molar-refractivity contribution in [1.82, 2.24) is 5.16 Å². The normalized spacial score (nSPS) is 19.8. The molecule has 0 aliphatic heterocycles. The van der Waals surface area contributed by atoms with Crippen molar-refractivity contribution in [3.63, 3.8) is 0 Å². The number of hydrogen-bond donors (Lipinski definition) is 1. The molecule has 1 aromatic heterocycles. The summed E-state index contributed by atoms with van der Waals surface area (Å²) in [5.74, 6) is 1.04. The Kier molecular flexibility index (Phi) is 2.12. The lowest BCUT2D eigenvalue weighted by atomic mass is 9.65. The molecule has 1 saturated carbocycles. The third kappa shape index (κ3) is 1.37. The van der Waals surface area contributed by atoms with E-state index in [4.69, 9.17) is 10.3 Å². The molecular weight excluding hydrogens is 164 g/mol. The zero-order valence-electron chi connectivity index (χ0n) is 8.05. The molecule has 1 aliphatic rings. The van der Waals surface area contributed by atoms with E-state index >= 15 is 0 Å². The highest BCUT2D eigenvalue weighted by Gasteiger charge is 2.41. The number of nitrogens with zero attached hydrogens (tertiary/aromatic N) is 1. The van der Waals surface area contributed by atoms with Crippen LogP contribution >= 0.6 is 0 Å². The maximum Gasteiger partial charge on any atom is 0.143 e. The molecule has 2 rings (SSSR count). The third-order valence-corrected chi connectivity index (χ3v) is 3.08. The van der Waals surface area contributed by atoms with Crippen LogP contribution in [0, 0.1) is 6.92 Å². The van der Waals surface area contributed by atoms with Gasteiger partial charge < -0.3 is 10.3 Å². The van der Waals surface area contributed by atoms with Gasteiger partial charge in [0.2, 0.25) is 0 Å². The Morgan fingerprint density at radius 2 is 2.38 bits per heavy atom. The Bertz CT molecular complexity index is 289. The second-order valence-corrected chi connectivity index (χ2v) is 4.01. The van der Waals surface area contributed by atoms with Gasteiger partial charge in [0.05, 0.1) is 5.69 Å². The average Bonchev–Trinajstić information content (AvgIpc) is 2.44. The standard InChI is InChI=1S/C10H16N2O/c1-8-7-9(13-12-8)10(5-6-11)3-2-4-10/h7H,2-6,11H2,1H3. The van der Waals surface area contributed by atoms with Gasteiger partial charge in [0.1, 0.15) is 5.76 Å². The van der Waals surface area contributed by atoms with Crippen LogP contribution in [0.15, 0.2) is 10.6 Å². The minimum atomic E-state index is 0.232. The number of nitrogens with two attached hydrogens (primary N) is 1. The first-order valence-electron chi connectivity index (χ1n) is 4.91. The Hall–Kier alpha value is -0.830. The van der Waals surface area contributed by atoms with Crippen LogP contribution in [0.2, 0.25) is 0 Å². The highest BCUT2D eigenvalue weighted by molar-refractivity contribution is 5.19. The third-order valence-electron chi connectivity index (χ3n) is 3.08. The molecule has 1 aromatic rings. The minimum absolute atomic E-state index is 0.232. The van der Waals surface area contributed by atoms with Gasteiger partial charge in [0, 0.05) is 11.5 Å². The van der Waals surface area contributed by atoms with Crippen LogP contribution in [-0.2, 0) is 5.41 Å². The molecule has 1 fully saturated rings. The molecular formula is C10H16N2O. The number of hydrogen-bond acceptors (Lipinski definition) is 3. The summed E-state index contributed by atoms with van der Waals surface area (Å²) >= 11 is 0. The van der Waals surface area contributed by atoms with E-state index in [1.165, 1.54) is 19.3 Å². The quantitative estimate of drug-likeness (QED) is 0.771. The first-order chi connectivity index (χ1) is 6.27. The fourth-order valence-electron chi connectivity index (χ4n) is 2.11. The summed E-state index contributed by atoms with van der Waals surface area (Å²) in [6.07, 6.45) is 4.74. The molecule has 2 N–H and O–H groups in total. The molecule has 0 unspecified atom stereocenters. The summed E-state index contributed by atoms with van der Waals surface area (Å²) in [5, 5.41) is 3.93. The number of rotatable bonds is 3. The van der Waals surface area contributed by atoms with Gasteiger partial charge in [-0.25, -0.2) is 0 Å². The van der Waals surface area contributed by atoms with E-state index in [0.717, 1.165) is 24.4 Å². The van der Waals surface area contributed by atoms with Gasteiger partial charge >= 0.3 is 0 Å². The molecule has 0 bridgehead atoms. The lowest BCUT2D eigenvalue weighted by molar-refractivity contribution is 0.172. The van der Waals surface area contributed by atoms with E-state index in [0.29, 0.717) is 0 Å². The van der Waals surface area contributed by atoms with Gasteiger partial charge in [0.25, 0.3) is 0 Å². The van der Waals surface area contributed by atoms with Crippen LogP contribution in [-0.4, -0.2) is 11.7 Å². The monoisotopic (exact) mass is 180 g/mol. The van der Waals surface area contributed by atoms with Crippen molar-refractivity contribution in [2.75, 3.05) is 6.54 Å². The summed E-state index contributed by atoms with van der Waals surface area (Å²) < 4.78 is 5.32. The lowest BCUT2D eigenvalue weighted by Crippen LogP contribution is -2.35. The van der Waals surface area contributed by atoms with Crippen molar-refractivity contribution in [1.29, 1.82) is 0 Å². The summed E-state index contributed by atoms with van der Waals surface area (Å²) in [4.78, 5) is 0. The van der Waals surface area contributed by atoms with Crippen molar-refractivity contribution in [2.24, 2.45) is 5.73 Å². The molecule has 1 heterocycles. The second-order valence-electron chi connectivity index (χ2n) is 4.01. The SMILES string of the molecule is Cc1cc(C2(CCN)CCC2)on1. The van der Waals surface area contributed by atoms with Crippen LogP contribution in [0.3, 0.4) is 0 Å². The predicted molar refractivity (Wildman–Crippen MR) is 50.4 cm³/mol. The first kappa shape index (κ1) is 8.75. The summed E-state index contributed by atoms with van der Waals surface area (Å²) in [6, 6.07) is 2.05. The van der Waals surface area contributed by atoms with E-state index in [1.54, 1.807) is 0 Å². The molecule has 13 heavy (non-hydrogen) atoms. The van der Waals surface area contributed by atoms with Crippen LogP contribution in [0.5, 0.6) is 0 Å². The van der Waals surface area contributed by atoms with Gasteiger partial charge in [-0.2, -0.15) is 0 Å². The van der Waals surface area contributed by atoms with Gasteiger partial charge in [-0.1, -0.05) is 11.6 Å². The average molecular weight is 180 g/mol. The smallest absolute Gasteiger partial charge is 0.143 e. The Morgan fingerprint density at radius 1 is 1.62 bits per heavy atom. The zero-order chi connectivity index (χ0) is 9.31. The Balaban J connectivity index is 2.21. The second kappa shape index (κ2) is 3.14. The lowest BCUT2D eigenvalue weighted by Gasteiger charge is -2.39. The van der Waals surface area contributed by atoms with Crippen molar-refractivity contribution < 1.29 is 4.52 Å². The van der Waals surface area contributed by atoms with E-state index < -0.39 is 0 Å². The predicted octanol–water partition coefficient (Wildman–Crippen LogP) is 1.75.